The van der Waals surface area contributed by atoms with Gasteiger partial charge in [-0.25, -0.2) is 13.6 Å². The number of alkyl halides is 2. The van der Waals surface area contributed by atoms with E-state index in [1.807, 2.05) is 6.07 Å². The summed E-state index contributed by atoms with van der Waals surface area (Å²) < 4.78 is 29.8. The van der Waals surface area contributed by atoms with Gasteiger partial charge in [0.15, 0.2) is 0 Å². The SMILES string of the molecule is O=C(O)CC(CNC(=O)OCc1ccccc1)C(F)F. The molecule has 1 aromatic rings. The Kier molecular flexibility index (Phi) is 6.42. The van der Waals surface area contributed by atoms with Crippen molar-refractivity contribution in [2.24, 2.45) is 5.92 Å². The molecule has 0 heterocycles. The fraction of sp³-hybridized carbons (Fsp3) is 0.385. The Morgan fingerprint density at radius 3 is 2.45 bits per heavy atom. The first kappa shape index (κ1) is 15.9. The van der Waals surface area contributed by atoms with Crippen molar-refractivity contribution in [3.63, 3.8) is 0 Å². The van der Waals surface area contributed by atoms with Gasteiger partial charge in [0.25, 0.3) is 0 Å². The summed E-state index contributed by atoms with van der Waals surface area (Å²) >= 11 is 0. The minimum absolute atomic E-state index is 0.0188. The molecule has 110 valence electrons. The Morgan fingerprint density at radius 1 is 1.25 bits per heavy atom. The maximum Gasteiger partial charge on any atom is 0.407 e. The predicted molar refractivity (Wildman–Crippen MR) is 66.4 cm³/mol. The first-order chi connectivity index (χ1) is 9.49. The molecule has 2 N–H and O–H groups in total. The Morgan fingerprint density at radius 2 is 1.90 bits per heavy atom. The molecular formula is C13H15F2NO4. The van der Waals surface area contributed by atoms with Gasteiger partial charge in [-0.15, -0.1) is 0 Å². The smallest absolute Gasteiger partial charge is 0.407 e. The van der Waals surface area contributed by atoms with E-state index >= 15 is 0 Å². The highest BCUT2D eigenvalue weighted by Gasteiger charge is 2.24. The zero-order chi connectivity index (χ0) is 15.0. The number of carbonyl (C=O) groups is 2. The summed E-state index contributed by atoms with van der Waals surface area (Å²) in [5.41, 5.74) is 0.763. The summed E-state index contributed by atoms with van der Waals surface area (Å²) in [5, 5.41) is 10.6. The standard InChI is InChI=1S/C13H15F2NO4/c14-12(15)10(6-11(17)18)7-16-13(19)20-8-9-4-2-1-3-5-9/h1-5,10,12H,6-8H2,(H,16,19)(H,17,18). The molecule has 0 aliphatic rings. The quantitative estimate of drug-likeness (QED) is 0.806. The highest BCUT2D eigenvalue weighted by molar-refractivity contribution is 5.68. The number of hydrogen-bond donors (Lipinski definition) is 2. The van der Waals surface area contributed by atoms with Gasteiger partial charge in [-0.3, -0.25) is 4.79 Å². The van der Waals surface area contributed by atoms with Crippen molar-refractivity contribution in [1.29, 1.82) is 0 Å². The van der Waals surface area contributed by atoms with Gasteiger partial charge >= 0.3 is 12.1 Å². The maximum absolute atomic E-state index is 12.5. The molecule has 20 heavy (non-hydrogen) atoms. The molecule has 1 atom stereocenters. The van der Waals surface area contributed by atoms with Crippen molar-refractivity contribution in [1.82, 2.24) is 5.32 Å². The molecule has 1 rings (SSSR count). The van der Waals surface area contributed by atoms with Crippen LogP contribution in [0.4, 0.5) is 13.6 Å². The van der Waals surface area contributed by atoms with Gasteiger partial charge in [0.2, 0.25) is 6.43 Å². The van der Waals surface area contributed by atoms with E-state index in [1.165, 1.54) is 0 Å². The second kappa shape index (κ2) is 8.08. The van der Waals surface area contributed by atoms with E-state index in [0.29, 0.717) is 0 Å². The Hall–Kier alpha value is -2.18. The van der Waals surface area contributed by atoms with Crippen LogP contribution in [-0.2, 0) is 16.1 Å². The normalized spacial score (nSPS) is 11.9. The van der Waals surface area contributed by atoms with Gasteiger partial charge in [-0.2, -0.15) is 0 Å². The Labute approximate surface area is 114 Å². The fourth-order valence-corrected chi connectivity index (χ4v) is 1.46. The van der Waals surface area contributed by atoms with E-state index in [2.05, 4.69) is 5.32 Å². The summed E-state index contributed by atoms with van der Waals surface area (Å²) in [6, 6.07) is 8.86. The van der Waals surface area contributed by atoms with E-state index in [-0.39, 0.29) is 6.61 Å². The lowest BCUT2D eigenvalue weighted by molar-refractivity contribution is -0.139. The zero-order valence-electron chi connectivity index (χ0n) is 10.6. The van der Waals surface area contributed by atoms with Crippen molar-refractivity contribution >= 4 is 12.1 Å². The number of carbonyl (C=O) groups excluding carboxylic acids is 1. The molecule has 0 saturated heterocycles. The number of benzene rings is 1. The molecule has 0 aromatic heterocycles. The number of aliphatic carboxylic acids is 1. The topological polar surface area (TPSA) is 75.6 Å². The largest absolute Gasteiger partial charge is 0.481 e. The van der Waals surface area contributed by atoms with Crippen LogP contribution < -0.4 is 5.32 Å². The summed E-state index contributed by atoms with van der Waals surface area (Å²) in [5.74, 6) is -2.77. The molecule has 1 aromatic carbocycles. The first-order valence-corrected chi connectivity index (χ1v) is 5.93. The fourth-order valence-electron chi connectivity index (χ4n) is 1.46. The third-order valence-corrected chi connectivity index (χ3v) is 2.51. The average Bonchev–Trinajstić information content (AvgIpc) is 2.41. The number of hydrogen-bond acceptors (Lipinski definition) is 3. The molecule has 0 aliphatic heterocycles. The second-order valence-corrected chi connectivity index (χ2v) is 4.14. The molecule has 0 aliphatic carbocycles. The number of halogens is 2. The van der Waals surface area contributed by atoms with E-state index in [9.17, 15) is 18.4 Å². The number of carboxylic acid groups (broad SMARTS) is 1. The van der Waals surface area contributed by atoms with Crippen molar-refractivity contribution in [2.45, 2.75) is 19.5 Å². The number of nitrogens with one attached hydrogen (secondary N) is 1. The van der Waals surface area contributed by atoms with Gasteiger partial charge in [0.1, 0.15) is 6.61 Å². The molecule has 1 unspecified atom stereocenters. The monoisotopic (exact) mass is 287 g/mol. The van der Waals surface area contributed by atoms with Gasteiger partial charge in [-0.05, 0) is 5.56 Å². The minimum Gasteiger partial charge on any atom is -0.481 e. The lowest BCUT2D eigenvalue weighted by atomic mass is 10.1. The molecule has 0 fully saturated rings. The van der Waals surface area contributed by atoms with Crippen LogP contribution in [0.5, 0.6) is 0 Å². The number of alkyl carbamates (subject to hydrolysis) is 1. The van der Waals surface area contributed by atoms with Gasteiger partial charge < -0.3 is 15.2 Å². The van der Waals surface area contributed by atoms with E-state index in [4.69, 9.17) is 9.84 Å². The van der Waals surface area contributed by atoms with Crippen LogP contribution in [0.1, 0.15) is 12.0 Å². The third kappa shape index (κ3) is 6.12. The first-order valence-electron chi connectivity index (χ1n) is 5.93. The van der Waals surface area contributed by atoms with E-state index in [1.54, 1.807) is 24.3 Å². The van der Waals surface area contributed by atoms with Crippen molar-refractivity contribution in [2.75, 3.05) is 6.54 Å². The average molecular weight is 287 g/mol. The summed E-state index contributed by atoms with van der Waals surface area (Å²) in [6.45, 7) is -0.428. The number of amides is 1. The molecule has 0 spiro atoms. The van der Waals surface area contributed by atoms with E-state index < -0.39 is 37.4 Å². The molecule has 0 radical (unpaired) electrons. The van der Waals surface area contributed by atoms with Crippen LogP contribution >= 0.6 is 0 Å². The van der Waals surface area contributed by atoms with Gasteiger partial charge in [0.05, 0.1) is 6.42 Å². The van der Waals surface area contributed by atoms with Crippen molar-refractivity contribution in [3.8, 4) is 0 Å². The van der Waals surface area contributed by atoms with Gasteiger partial charge in [0, 0.05) is 12.5 Å². The van der Waals surface area contributed by atoms with Crippen LogP contribution in [0.2, 0.25) is 0 Å². The van der Waals surface area contributed by atoms with Crippen LogP contribution in [0.15, 0.2) is 30.3 Å². The van der Waals surface area contributed by atoms with Crippen molar-refractivity contribution in [3.05, 3.63) is 35.9 Å². The Bertz CT molecular complexity index is 439. The number of carboxylic acids is 1. The second-order valence-electron chi connectivity index (χ2n) is 4.14. The molecule has 0 bridgehead atoms. The minimum atomic E-state index is -2.82. The highest BCUT2D eigenvalue weighted by Crippen LogP contribution is 2.13. The van der Waals surface area contributed by atoms with Gasteiger partial charge in [-0.1, -0.05) is 30.3 Å². The molecule has 1 amide bonds. The molecular weight excluding hydrogens is 272 g/mol. The summed E-state index contributed by atoms with van der Waals surface area (Å²) in [7, 11) is 0. The summed E-state index contributed by atoms with van der Waals surface area (Å²) in [6.07, 6.45) is -4.39. The van der Waals surface area contributed by atoms with Crippen LogP contribution in [-0.4, -0.2) is 30.1 Å². The molecule has 0 saturated carbocycles. The third-order valence-electron chi connectivity index (χ3n) is 2.51. The van der Waals surface area contributed by atoms with Crippen LogP contribution in [0, 0.1) is 5.92 Å². The summed E-state index contributed by atoms with van der Waals surface area (Å²) in [4.78, 5) is 21.7. The Balaban J connectivity index is 2.32. The lowest BCUT2D eigenvalue weighted by Gasteiger charge is -2.14. The van der Waals surface area contributed by atoms with Crippen LogP contribution in [0.25, 0.3) is 0 Å². The molecule has 5 nitrogen and oxygen atoms in total. The maximum atomic E-state index is 12.5. The predicted octanol–water partition coefficient (Wildman–Crippen LogP) is 2.27. The lowest BCUT2D eigenvalue weighted by Crippen LogP contribution is -2.33. The highest BCUT2D eigenvalue weighted by atomic mass is 19.3. The molecule has 7 heteroatoms. The van der Waals surface area contributed by atoms with E-state index in [0.717, 1.165) is 5.56 Å². The van der Waals surface area contributed by atoms with Crippen LogP contribution in [0.3, 0.4) is 0 Å². The number of ether oxygens (including phenoxy) is 1. The zero-order valence-corrected chi connectivity index (χ0v) is 10.6. The van der Waals surface area contributed by atoms with Crippen molar-refractivity contribution < 1.29 is 28.2 Å². The number of rotatable bonds is 7.